The molecule has 0 atom stereocenters. The predicted molar refractivity (Wildman–Crippen MR) is 109 cm³/mol. The van der Waals surface area contributed by atoms with Crippen LogP contribution < -0.4 is 10.9 Å². The molecular weight excluding hydrogens is 360 g/mol. The lowest BCUT2D eigenvalue weighted by atomic mass is 10.1. The Hall–Kier alpha value is -1.89. The van der Waals surface area contributed by atoms with Gasteiger partial charge in [0.1, 0.15) is 0 Å². The van der Waals surface area contributed by atoms with Crippen molar-refractivity contribution >= 4 is 28.7 Å². The first kappa shape index (κ1) is 19.9. The van der Waals surface area contributed by atoms with Gasteiger partial charge in [0, 0.05) is 18.8 Å². The highest BCUT2D eigenvalue weighted by Crippen LogP contribution is 2.20. The molecule has 3 rings (SSSR count). The smallest absolute Gasteiger partial charge is 0.263 e. The summed E-state index contributed by atoms with van der Waals surface area (Å²) in [5, 5.41) is 4.24. The van der Waals surface area contributed by atoms with E-state index in [-0.39, 0.29) is 23.3 Å². The van der Waals surface area contributed by atoms with Crippen LogP contribution in [0.5, 0.6) is 0 Å². The molecule has 0 aliphatic heterocycles. The highest BCUT2D eigenvalue weighted by atomic mass is 32.2. The molecule has 0 aromatic carbocycles. The minimum Gasteiger partial charge on any atom is -0.353 e. The van der Waals surface area contributed by atoms with E-state index < -0.39 is 0 Å². The Balaban J connectivity index is 1.74. The van der Waals surface area contributed by atoms with E-state index in [9.17, 15) is 9.59 Å². The maximum atomic E-state index is 12.9. The van der Waals surface area contributed by atoms with Crippen molar-refractivity contribution in [1.82, 2.24) is 19.9 Å². The fraction of sp³-hybridized carbons (Fsp3) is 0.600. The molecule has 27 heavy (non-hydrogen) atoms. The van der Waals surface area contributed by atoms with Crippen molar-refractivity contribution in [2.75, 3.05) is 5.75 Å². The Morgan fingerprint density at radius 3 is 2.74 bits per heavy atom. The number of pyridine rings is 1. The lowest BCUT2D eigenvalue weighted by molar-refractivity contribution is -0.119. The molecule has 1 fully saturated rings. The van der Waals surface area contributed by atoms with E-state index in [1.807, 2.05) is 0 Å². The van der Waals surface area contributed by atoms with E-state index in [0.29, 0.717) is 28.7 Å². The van der Waals surface area contributed by atoms with Crippen molar-refractivity contribution in [1.29, 1.82) is 0 Å². The SMILES string of the molecule is CC(C)Cn1c(SCC(=O)NC2CCCCCC2)nc2ncccc2c1=O. The van der Waals surface area contributed by atoms with Gasteiger partial charge in [0.2, 0.25) is 5.91 Å². The number of hydrogen-bond acceptors (Lipinski definition) is 5. The minimum absolute atomic E-state index is 0.0124. The number of amides is 1. The third kappa shape index (κ3) is 5.31. The summed E-state index contributed by atoms with van der Waals surface area (Å²) < 4.78 is 1.68. The molecule has 1 N–H and O–H groups in total. The largest absolute Gasteiger partial charge is 0.353 e. The van der Waals surface area contributed by atoms with E-state index in [1.54, 1.807) is 22.9 Å². The van der Waals surface area contributed by atoms with Crippen LogP contribution in [0.4, 0.5) is 0 Å². The molecule has 0 spiro atoms. The van der Waals surface area contributed by atoms with Crippen molar-refractivity contribution in [3.8, 4) is 0 Å². The minimum atomic E-state index is -0.0894. The van der Waals surface area contributed by atoms with Gasteiger partial charge in [0.15, 0.2) is 10.8 Å². The van der Waals surface area contributed by atoms with Gasteiger partial charge in [-0.2, -0.15) is 0 Å². The quantitative estimate of drug-likeness (QED) is 0.466. The van der Waals surface area contributed by atoms with E-state index >= 15 is 0 Å². The summed E-state index contributed by atoms with van der Waals surface area (Å²) in [7, 11) is 0. The van der Waals surface area contributed by atoms with Crippen LogP contribution in [0.2, 0.25) is 0 Å². The molecule has 146 valence electrons. The highest BCUT2D eigenvalue weighted by molar-refractivity contribution is 7.99. The van der Waals surface area contributed by atoms with Crippen molar-refractivity contribution in [3.63, 3.8) is 0 Å². The molecule has 1 aliphatic rings. The molecule has 0 unspecified atom stereocenters. The zero-order valence-corrected chi connectivity index (χ0v) is 16.9. The highest BCUT2D eigenvalue weighted by Gasteiger charge is 2.17. The van der Waals surface area contributed by atoms with Crippen LogP contribution in [0, 0.1) is 5.92 Å². The molecule has 1 amide bonds. The Kier molecular flexibility index (Phi) is 6.88. The standard InChI is InChI=1S/C20H28N4O2S/c1-14(2)12-24-19(26)16-10-7-11-21-18(16)23-20(24)27-13-17(25)22-15-8-5-3-4-6-9-15/h7,10-11,14-15H,3-6,8-9,12-13H2,1-2H3,(H,22,25). The van der Waals surface area contributed by atoms with Crippen molar-refractivity contribution in [3.05, 3.63) is 28.7 Å². The molecule has 1 saturated carbocycles. The van der Waals surface area contributed by atoms with Gasteiger partial charge >= 0.3 is 0 Å². The fourth-order valence-corrected chi connectivity index (χ4v) is 4.30. The van der Waals surface area contributed by atoms with Gasteiger partial charge in [-0.1, -0.05) is 51.3 Å². The van der Waals surface area contributed by atoms with Gasteiger partial charge in [-0.05, 0) is 30.9 Å². The zero-order valence-electron chi connectivity index (χ0n) is 16.1. The average molecular weight is 389 g/mol. The first-order chi connectivity index (χ1) is 13.0. The maximum Gasteiger partial charge on any atom is 0.263 e. The summed E-state index contributed by atoms with van der Waals surface area (Å²) in [5.41, 5.74) is 0.350. The fourth-order valence-electron chi connectivity index (χ4n) is 3.50. The Labute approximate surface area is 164 Å². The van der Waals surface area contributed by atoms with E-state index in [1.165, 1.54) is 37.4 Å². The number of fused-ring (bicyclic) bond motifs is 1. The Morgan fingerprint density at radius 2 is 2.04 bits per heavy atom. The van der Waals surface area contributed by atoms with Crippen LogP contribution in [0.15, 0.2) is 28.3 Å². The lowest BCUT2D eigenvalue weighted by Gasteiger charge is -2.17. The number of thioether (sulfide) groups is 1. The molecule has 2 heterocycles. The third-order valence-electron chi connectivity index (χ3n) is 4.80. The number of nitrogens with one attached hydrogen (secondary N) is 1. The number of hydrogen-bond donors (Lipinski definition) is 1. The molecule has 2 aromatic heterocycles. The van der Waals surface area contributed by atoms with Crippen molar-refractivity contribution < 1.29 is 4.79 Å². The number of carbonyl (C=O) groups excluding carboxylic acids is 1. The first-order valence-electron chi connectivity index (χ1n) is 9.82. The normalized spacial score (nSPS) is 15.8. The van der Waals surface area contributed by atoms with Gasteiger partial charge < -0.3 is 5.32 Å². The molecule has 1 aliphatic carbocycles. The summed E-state index contributed by atoms with van der Waals surface area (Å²) >= 11 is 1.32. The van der Waals surface area contributed by atoms with Crippen molar-refractivity contribution in [2.45, 2.75) is 70.1 Å². The van der Waals surface area contributed by atoms with E-state index in [4.69, 9.17) is 0 Å². The molecule has 6 nitrogen and oxygen atoms in total. The van der Waals surface area contributed by atoms with Gasteiger partial charge in [0.05, 0.1) is 11.1 Å². The molecular formula is C20H28N4O2S. The van der Waals surface area contributed by atoms with Crippen LogP contribution in [-0.4, -0.2) is 32.2 Å². The zero-order chi connectivity index (χ0) is 19.2. The maximum absolute atomic E-state index is 12.9. The third-order valence-corrected chi connectivity index (χ3v) is 5.77. The molecule has 0 saturated heterocycles. The molecule has 2 aromatic rings. The number of carbonyl (C=O) groups is 1. The molecule has 7 heteroatoms. The van der Waals surface area contributed by atoms with Crippen LogP contribution in [0.3, 0.4) is 0 Å². The number of aromatic nitrogens is 3. The topological polar surface area (TPSA) is 76.9 Å². The van der Waals surface area contributed by atoms with Gasteiger partial charge in [0.25, 0.3) is 5.56 Å². The second-order valence-corrected chi connectivity index (χ2v) is 8.57. The van der Waals surface area contributed by atoms with Gasteiger partial charge in [-0.15, -0.1) is 0 Å². The summed E-state index contributed by atoms with van der Waals surface area (Å²) in [6.45, 7) is 4.70. The first-order valence-corrected chi connectivity index (χ1v) is 10.8. The lowest BCUT2D eigenvalue weighted by Crippen LogP contribution is -2.35. The number of nitrogens with zero attached hydrogens (tertiary/aromatic N) is 3. The van der Waals surface area contributed by atoms with Crippen LogP contribution >= 0.6 is 11.8 Å². The van der Waals surface area contributed by atoms with Gasteiger partial charge in [-0.3, -0.25) is 14.2 Å². The van der Waals surface area contributed by atoms with E-state index in [2.05, 4.69) is 29.1 Å². The van der Waals surface area contributed by atoms with Crippen LogP contribution in [-0.2, 0) is 11.3 Å². The molecule has 0 bridgehead atoms. The summed E-state index contributed by atoms with van der Waals surface area (Å²) in [5.74, 6) is 0.579. The summed E-state index contributed by atoms with van der Waals surface area (Å²) in [6, 6.07) is 3.78. The predicted octanol–water partition coefficient (Wildman–Crippen LogP) is 3.38. The van der Waals surface area contributed by atoms with Crippen molar-refractivity contribution in [2.24, 2.45) is 5.92 Å². The van der Waals surface area contributed by atoms with Gasteiger partial charge in [-0.25, -0.2) is 9.97 Å². The Morgan fingerprint density at radius 1 is 1.30 bits per heavy atom. The monoisotopic (exact) mass is 388 g/mol. The second-order valence-electron chi connectivity index (χ2n) is 7.62. The molecule has 0 radical (unpaired) electrons. The second kappa shape index (κ2) is 9.35. The number of rotatable bonds is 6. The summed E-state index contributed by atoms with van der Waals surface area (Å²) in [4.78, 5) is 34.0. The van der Waals surface area contributed by atoms with Crippen LogP contribution in [0.1, 0.15) is 52.4 Å². The van der Waals surface area contributed by atoms with E-state index in [0.717, 1.165) is 12.8 Å². The average Bonchev–Trinajstić information content (AvgIpc) is 2.91. The van der Waals surface area contributed by atoms with Crippen LogP contribution in [0.25, 0.3) is 11.0 Å². The summed E-state index contributed by atoms with van der Waals surface area (Å²) in [6.07, 6.45) is 8.65. The Bertz CT molecular complexity index is 841.